The van der Waals surface area contributed by atoms with Crippen molar-refractivity contribution < 1.29 is 38.1 Å². The Labute approximate surface area is 173 Å². The highest BCUT2D eigenvalue weighted by molar-refractivity contribution is 5.83. The summed E-state index contributed by atoms with van der Waals surface area (Å²) in [5.74, 6) is -1.64. The lowest BCUT2D eigenvalue weighted by atomic mass is 9.44. The SMILES string of the molecule is CC(=O)O[C@H]1[C@@H]2OC(=O)[C@@H]3c4ccoc4C[C@@H]([C@@H]23)[C@@](C)(C=O)[C@@]12O[C@H](O)CC2(C)C. The van der Waals surface area contributed by atoms with Crippen molar-refractivity contribution in [1.82, 2.24) is 0 Å². The van der Waals surface area contributed by atoms with Gasteiger partial charge in [-0.1, -0.05) is 13.8 Å². The maximum Gasteiger partial charge on any atom is 0.314 e. The Hall–Kier alpha value is -2.19. The third kappa shape index (κ3) is 2.11. The fraction of sp³-hybridized carbons (Fsp3) is 0.682. The van der Waals surface area contributed by atoms with E-state index >= 15 is 0 Å². The smallest absolute Gasteiger partial charge is 0.314 e. The second-order valence-electron chi connectivity index (χ2n) is 9.89. The monoisotopic (exact) mass is 418 g/mol. The Kier molecular flexibility index (Phi) is 3.91. The molecule has 8 nitrogen and oxygen atoms in total. The lowest BCUT2D eigenvalue weighted by Crippen LogP contribution is -2.74. The summed E-state index contributed by atoms with van der Waals surface area (Å²) in [5, 5.41) is 10.5. The molecule has 8 atom stereocenters. The van der Waals surface area contributed by atoms with Crippen molar-refractivity contribution in [2.45, 2.75) is 70.6 Å². The van der Waals surface area contributed by atoms with Gasteiger partial charge >= 0.3 is 11.9 Å². The van der Waals surface area contributed by atoms with Crippen molar-refractivity contribution in [1.29, 1.82) is 0 Å². The van der Waals surface area contributed by atoms with Crippen molar-refractivity contribution in [2.24, 2.45) is 22.7 Å². The molecule has 2 aliphatic carbocycles. The highest BCUT2D eigenvalue weighted by Gasteiger charge is 2.79. The van der Waals surface area contributed by atoms with Gasteiger partial charge in [-0.25, -0.2) is 0 Å². The van der Waals surface area contributed by atoms with Gasteiger partial charge in [-0.2, -0.15) is 0 Å². The lowest BCUT2D eigenvalue weighted by Gasteiger charge is -2.62. The van der Waals surface area contributed by atoms with Crippen LogP contribution >= 0.6 is 0 Å². The average molecular weight is 418 g/mol. The van der Waals surface area contributed by atoms with Crippen molar-refractivity contribution in [2.75, 3.05) is 0 Å². The molecule has 0 aromatic carbocycles. The normalized spacial score (nSPS) is 45.6. The van der Waals surface area contributed by atoms with E-state index in [1.807, 2.05) is 13.8 Å². The molecular weight excluding hydrogens is 392 g/mol. The van der Waals surface area contributed by atoms with Crippen LogP contribution in [0.25, 0.3) is 0 Å². The van der Waals surface area contributed by atoms with Crippen LogP contribution in [0.3, 0.4) is 0 Å². The molecule has 5 rings (SSSR count). The number of aliphatic hydroxyl groups is 1. The average Bonchev–Trinajstić information content (AvgIpc) is 3.31. The van der Waals surface area contributed by atoms with Gasteiger partial charge in [0, 0.05) is 36.7 Å². The van der Waals surface area contributed by atoms with Gasteiger partial charge in [-0.3, -0.25) is 9.59 Å². The first-order valence-corrected chi connectivity index (χ1v) is 10.3. The van der Waals surface area contributed by atoms with Gasteiger partial charge in [0.15, 0.2) is 12.4 Å². The number of fused-ring (bicyclic) bond motifs is 2. The lowest BCUT2D eigenvalue weighted by molar-refractivity contribution is -0.295. The van der Waals surface area contributed by atoms with E-state index in [0.717, 1.165) is 11.8 Å². The second-order valence-corrected chi connectivity index (χ2v) is 9.89. The Morgan fingerprint density at radius 3 is 2.67 bits per heavy atom. The van der Waals surface area contributed by atoms with E-state index in [4.69, 9.17) is 18.6 Å². The summed E-state index contributed by atoms with van der Waals surface area (Å²) in [4.78, 5) is 38.0. The zero-order valence-electron chi connectivity index (χ0n) is 17.4. The van der Waals surface area contributed by atoms with Gasteiger partial charge in [0.05, 0.1) is 17.6 Å². The fourth-order valence-corrected chi connectivity index (χ4v) is 7.06. The minimum absolute atomic E-state index is 0.252. The molecule has 1 spiro atoms. The summed E-state index contributed by atoms with van der Waals surface area (Å²) >= 11 is 0. The Bertz CT molecular complexity index is 933. The van der Waals surface area contributed by atoms with E-state index < -0.39 is 52.8 Å². The van der Waals surface area contributed by atoms with E-state index in [-0.39, 0.29) is 18.3 Å². The molecule has 0 unspecified atom stereocenters. The van der Waals surface area contributed by atoms with Crippen LogP contribution in [0.5, 0.6) is 0 Å². The number of aldehydes is 1. The summed E-state index contributed by atoms with van der Waals surface area (Å²) in [6.07, 6.45) is 0.123. The summed E-state index contributed by atoms with van der Waals surface area (Å²) in [6.45, 7) is 6.83. The molecule has 1 saturated carbocycles. The van der Waals surface area contributed by atoms with Crippen LogP contribution < -0.4 is 0 Å². The molecule has 3 fully saturated rings. The van der Waals surface area contributed by atoms with Crippen LogP contribution in [0, 0.1) is 22.7 Å². The largest absolute Gasteiger partial charge is 0.469 e. The van der Waals surface area contributed by atoms with Gasteiger partial charge in [0.25, 0.3) is 0 Å². The standard InChI is InChI=1S/C22H26O8/c1-10(24)28-18-17-16-12(7-13-11(5-6-27-13)15(16)19(26)29-17)21(4,9-23)22(18)20(2,3)8-14(25)30-22/h5-6,9,12,14-18,25H,7-8H2,1-4H3/t12-,14-,15+,16+,17+,18-,21+,22+/m0/s1. The molecule has 1 N–H and O–H groups in total. The predicted octanol–water partition coefficient (Wildman–Crippen LogP) is 1.73. The van der Waals surface area contributed by atoms with Gasteiger partial charge < -0.3 is 28.5 Å². The highest BCUT2D eigenvalue weighted by Crippen LogP contribution is 2.68. The van der Waals surface area contributed by atoms with Crippen LogP contribution in [0.1, 0.15) is 51.4 Å². The zero-order chi connectivity index (χ0) is 21.6. The molecule has 2 saturated heterocycles. The molecule has 3 heterocycles. The van der Waals surface area contributed by atoms with E-state index in [1.54, 1.807) is 19.3 Å². The van der Waals surface area contributed by atoms with Crippen molar-refractivity contribution in [3.05, 3.63) is 23.7 Å². The van der Waals surface area contributed by atoms with Crippen molar-refractivity contribution in [3.8, 4) is 0 Å². The molecule has 0 radical (unpaired) electrons. The third-order valence-electron chi connectivity index (χ3n) is 8.07. The summed E-state index contributed by atoms with van der Waals surface area (Å²) in [7, 11) is 0. The number of hydrogen-bond acceptors (Lipinski definition) is 8. The number of carbonyl (C=O) groups excluding carboxylic acids is 3. The molecule has 30 heavy (non-hydrogen) atoms. The molecule has 0 amide bonds. The van der Waals surface area contributed by atoms with Crippen LogP contribution in [0.2, 0.25) is 0 Å². The summed E-state index contributed by atoms with van der Waals surface area (Å²) < 4.78 is 23.4. The number of aliphatic hydroxyl groups excluding tert-OH is 1. The Balaban J connectivity index is 1.78. The predicted molar refractivity (Wildman–Crippen MR) is 100.0 cm³/mol. The summed E-state index contributed by atoms with van der Waals surface area (Å²) in [6, 6.07) is 1.77. The van der Waals surface area contributed by atoms with E-state index in [1.165, 1.54) is 6.92 Å². The van der Waals surface area contributed by atoms with Crippen molar-refractivity contribution >= 4 is 18.2 Å². The van der Waals surface area contributed by atoms with Gasteiger partial charge in [0.2, 0.25) is 0 Å². The van der Waals surface area contributed by atoms with Gasteiger partial charge in [-0.15, -0.1) is 0 Å². The first-order valence-electron chi connectivity index (χ1n) is 10.3. The van der Waals surface area contributed by atoms with Gasteiger partial charge in [0.1, 0.15) is 23.8 Å². The minimum Gasteiger partial charge on any atom is -0.469 e. The van der Waals surface area contributed by atoms with Crippen molar-refractivity contribution in [3.63, 3.8) is 0 Å². The molecule has 8 heteroatoms. The van der Waals surface area contributed by atoms with Crippen LogP contribution in [0.15, 0.2) is 16.7 Å². The topological polar surface area (TPSA) is 112 Å². The second kappa shape index (κ2) is 5.95. The number of hydrogen-bond donors (Lipinski definition) is 1. The number of furan rings is 1. The first-order chi connectivity index (χ1) is 14.1. The molecular formula is C22H26O8. The quantitative estimate of drug-likeness (QED) is 0.571. The number of esters is 2. The van der Waals surface area contributed by atoms with E-state index in [9.17, 15) is 19.5 Å². The van der Waals surface area contributed by atoms with Gasteiger partial charge in [-0.05, 0) is 18.9 Å². The third-order valence-corrected chi connectivity index (χ3v) is 8.07. The number of rotatable bonds is 2. The van der Waals surface area contributed by atoms with Crippen LogP contribution in [-0.4, -0.2) is 47.4 Å². The molecule has 0 bridgehead atoms. The number of carbonyl (C=O) groups is 3. The maximum atomic E-state index is 13.0. The highest BCUT2D eigenvalue weighted by atomic mass is 16.7. The molecule has 4 aliphatic rings. The van der Waals surface area contributed by atoms with Crippen LogP contribution in [0.4, 0.5) is 0 Å². The Morgan fingerprint density at radius 2 is 2.07 bits per heavy atom. The Morgan fingerprint density at radius 1 is 1.33 bits per heavy atom. The van der Waals surface area contributed by atoms with E-state index in [2.05, 4.69) is 0 Å². The molecule has 1 aromatic rings. The zero-order valence-corrected chi connectivity index (χ0v) is 17.4. The van der Waals surface area contributed by atoms with Crippen LogP contribution in [-0.2, 0) is 35.0 Å². The molecule has 1 aromatic heterocycles. The summed E-state index contributed by atoms with van der Waals surface area (Å²) in [5.41, 5.74) is -2.54. The fourth-order valence-electron chi connectivity index (χ4n) is 7.06. The first kappa shape index (κ1) is 19.8. The maximum absolute atomic E-state index is 13.0. The molecule has 162 valence electrons. The van der Waals surface area contributed by atoms with E-state index in [0.29, 0.717) is 12.2 Å². The number of ether oxygens (including phenoxy) is 3. The minimum atomic E-state index is -1.38. The molecule has 2 aliphatic heterocycles.